The van der Waals surface area contributed by atoms with Crippen LogP contribution in [0.4, 0.5) is 0 Å². The Bertz CT molecular complexity index is 315. The number of aromatic nitrogens is 1. The molecule has 0 atom stereocenters. The minimum absolute atomic E-state index is 0.539. The van der Waals surface area contributed by atoms with Crippen LogP contribution in [0.2, 0.25) is 0 Å². The smallest absolute Gasteiger partial charge is 0.166 e. The van der Waals surface area contributed by atoms with Crippen LogP contribution in [0, 0.1) is 5.92 Å². The van der Waals surface area contributed by atoms with Crippen molar-refractivity contribution in [2.24, 2.45) is 5.92 Å². The molecule has 1 aromatic rings. The van der Waals surface area contributed by atoms with Crippen LogP contribution >= 0.6 is 0 Å². The van der Waals surface area contributed by atoms with E-state index in [1.165, 1.54) is 5.69 Å². The molecule has 1 aromatic heterocycles. The summed E-state index contributed by atoms with van der Waals surface area (Å²) >= 11 is 0. The van der Waals surface area contributed by atoms with Crippen molar-refractivity contribution < 1.29 is 9.53 Å². The second kappa shape index (κ2) is 5.71. The number of carbonyl (C=O) groups excluding carboxylic acids is 1. The first-order chi connectivity index (χ1) is 7.19. The van der Waals surface area contributed by atoms with Crippen molar-refractivity contribution in [1.82, 2.24) is 4.57 Å². The van der Waals surface area contributed by atoms with Gasteiger partial charge in [0.15, 0.2) is 6.29 Å². The van der Waals surface area contributed by atoms with Gasteiger partial charge in [0.1, 0.15) is 0 Å². The van der Waals surface area contributed by atoms with E-state index in [0.29, 0.717) is 12.5 Å². The fourth-order valence-electron chi connectivity index (χ4n) is 1.64. The number of ether oxygens (including phenoxy) is 1. The number of rotatable bonds is 6. The molecule has 0 saturated heterocycles. The minimum atomic E-state index is 0.539. The lowest BCUT2D eigenvalue weighted by Crippen LogP contribution is -2.12. The highest BCUT2D eigenvalue weighted by molar-refractivity contribution is 5.72. The highest BCUT2D eigenvalue weighted by Gasteiger charge is 2.08. The maximum absolute atomic E-state index is 10.8. The molecule has 0 aliphatic heterocycles. The molecule has 0 aromatic carbocycles. The fourth-order valence-corrected chi connectivity index (χ4v) is 1.64. The predicted octanol–water partition coefficient (Wildman–Crippen LogP) is 2.15. The van der Waals surface area contributed by atoms with Crippen LogP contribution in [0.3, 0.4) is 0 Å². The Morgan fingerprint density at radius 2 is 2.20 bits per heavy atom. The third kappa shape index (κ3) is 3.20. The molecule has 0 saturated carbocycles. The van der Waals surface area contributed by atoms with Gasteiger partial charge in [-0.1, -0.05) is 13.8 Å². The molecule has 1 rings (SSSR count). The third-order valence-electron chi connectivity index (χ3n) is 2.34. The molecule has 0 aliphatic carbocycles. The summed E-state index contributed by atoms with van der Waals surface area (Å²) < 4.78 is 7.13. The molecule has 0 unspecified atom stereocenters. The zero-order valence-corrected chi connectivity index (χ0v) is 9.69. The van der Waals surface area contributed by atoms with E-state index in [4.69, 9.17) is 4.74 Å². The molecule has 1 heterocycles. The summed E-state index contributed by atoms with van der Waals surface area (Å²) in [5.41, 5.74) is 1.93. The van der Waals surface area contributed by atoms with Crippen LogP contribution in [0.1, 0.15) is 30.0 Å². The van der Waals surface area contributed by atoms with E-state index in [2.05, 4.69) is 18.4 Å². The van der Waals surface area contributed by atoms with Gasteiger partial charge in [-0.3, -0.25) is 4.79 Å². The van der Waals surface area contributed by atoms with E-state index in [0.717, 1.165) is 24.9 Å². The molecular weight excluding hydrogens is 190 g/mol. The number of hydrogen-bond acceptors (Lipinski definition) is 2. The predicted molar refractivity (Wildman–Crippen MR) is 60.2 cm³/mol. The van der Waals surface area contributed by atoms with Crippen LogP contribution in [0.5, 0.6) is 0 Å². The third-order valence-corrected chi connectivity index (χ3v) is 2.34. The average molecular weight is 209 g/mol. The molecular formula is C12H19NO2. The highest BCUT2D eigenvalue weighted by atomic mass is 16.5. The van der Waals surface area contributed by atoms with Gasteiger partial charge < -0.3 is 9.30 Å². The molecule has 0 fully saturated rings. The van der Waals surface area contributed by atoms with E-state index in [9.17, 15) is 4.79 Å². The zero-order valence-electron chi connectivity index (χ0n) is 9.69. The van der Waals surface area contributed by atoms with E-state index < -0.39 is 0 Å². The SMILES string of the molecule is COCCc1ccc(C=O)n1CC(C)C. The van der Waals surface area contributed by atoms with Gasteiger partial charge in [-0.2, -0.15) is 0 Å². The van der Waals surface area contributed by atoms with Crippen LogP contribution in [-0.2, 0) is 17.7 Å². The topological polar surface area (TPSA) is 31.2 Å². The quantitative estimate of drug-likeness (QED) is 0.672. The van der Waals surface area contributed by atoms with Gasteiger partial charge in [-0.25, -0.2) is 0 Å². The fraction of sp³-hybridized carbons (Fsp3) is 0.583. The maximum atomic E-state index is 10.8. The second-order valence-corrected chi connectivity index (χ2v) is 4.11. The summed E-state index contributed by atoms with van der Waals surface area (Å²) in [4.78, 5) is 10.8. The van der Waals surface area contributed by atoms with Crippen LogP contribution in [0.25, 0.3) is 0 Å². The van der Waals surface area contributed by atoms with Gasteiger partial charge in [0.25, 0.3) is 0 Å². The number of nitrogens with zero attached hydrogens (tertiary/aromatic N) is 1. The van der Waals surface area contributed by atoms with E-state index in [1.54, 1.807) is 7.11 Å². The average Bonchev–Trinajstić information content (AvgIpc) is 2.57. The van der Waals surface area contributed by atoms with Gasteiger partial charge in [0.05, 0.1) is 12.3 Å². The summed E-state index contributed by atoms with van der Waals surface area (Å²) in [5, 5.41) is 0. The largest absolute Gasteiger partial charge is 0.384 e. The summed E-state index contributed by atoms with van der Waals surface area (Å²) in [6, 6.07) is 3.88. The van der Waals surface area contributed by atoms with E-state index >= 15 is 0 Å². The molecule has 0 aliphatic rings. The Hall–Kier alpha value is -1.09. The first kappa shape index (κ1) is 12.0. The monoisotopic (exact) mass is 209 g/mol. The number of methoxy groups -OCH3 is 1. The summed E-state index contributed by atoms with van der Waals surface area (Å²) in [7, 11) is 1.69. The Balaban J connectivity index is 2.84. The number of hydrogen-bond donors (Lipinski definition) is 0. The normalized spacial score (nSPS) is 10.9. The van der Waals surface area contributed by atoms with Crippen molar-refractivity contribution in [1.29, 1.82) is 0 Å². The van der Waals surface area contributed by atoms with E-state index in [-0.39, 0.29) is 0 Å². The number of aldehydes is 1. The molecule has 0 bridgehead atoms. The van der Waals surface area contributed by atoms with Gasteiger partial charge in [0.2, 0.25) is 0 Å². The lowest BCUT2D eigenvalue weighted by molar-refractivity contribution is 0.111. The van der Waals surface area contributed by atoms with Gasteiger partial charge in [0, 0.05) is 25.8 Å². The van der Waals surface area contributed by atoms with Gasteiger partial charge >= 0.3 is 0 Å². The minimum Gasteiger partial charge on any atom is -0.384 e. The highest BCUT2D eigenvalue weighted by Crippen LogP contribution is 2.11. The van der Waals surface area contributed by atoms with Crippen molar-refractivity contribution in [3.05, 3.63) is 23.5 Å². The van der Waals surface area contributed by atoms with Crippen LogP contribution in [-0.4, -0.2) is 24.6 Å². The van der Waals surface area contributed by atoms with Crippen molar-refractivity contribution in [3.8, 4) is 0 Å². The first-order valence-electron chi connectivity index (χ1n) is 5.31. The van der Waals surface area contributed by atoms with Crippen molar-refractivity contribution in [3.63, 3.8) is 0 Å². The summed E-state index contributed by atoms with van der Waals surface area (Å²) in [5.74, 6) is 0.539. The van der Waals surface area contributed by atoms with Crippen LogP contribution in [0.15, 0.2) is 12.1 Å². The molecule has 3 nitrogen and oxygen atoms in total. The molecule has 0 spiro atoms. The molecule has 0 N–H and O–H groups in total. The molecule has 84 valence electrons. The standard InChI is InChI=1S/C12H19NO2/c1-10(2)8-13-11(6-7-15-3)4-5-12(13)9-14/h4-5,9-10H,6-8H2,1-3H3. The zero-order chi connectivity index (χ0) is 11.3. The Kier molecular flexibility index (Phi) is 4.56. The Morgan fingerprint density at radius 3 is 2.73 bits per heavy atom. The molecule has 3 heteroatoms. The molecule has 0 radical (unpaired) electrons. The van der Waals surface area contributed by atoms with Gasteiger partial charge in [-0.05, 0) is 18.1 Å². The van der Waals surface area contributed by atoms with Crippen molar-refractivity contribution in [2.45, 2.75) is 26.8 Å². The maximum Gasteiger partial charge on any atom is 0.166 e. The van der Waals surface area contributed by atoms with Gasteiger partial charge in [-0.15, -0.1) is 0 Å². The molecule has 0 amide bonds. The van der Waals surface area contributed by atoms with Crippen molar-refractivity contribution >= 4 is 6.29 Å². The summed E-state index contributed by atoms with van der Waals surface area (Å²) in [6.07, 6.45) is 1.77. The van der Waals surface area contributed by atoms with E-state index in [1.807, 2.05) is 12.1 Å². The lowest BCUT2D eigenvalue weighted by Gasteiger charge is -2.13. The van der Waals surface area contributed by atoms with Crippen LogP contribution < -0.4 is 0 Å². The second-order valence-electron chi connectivity index (χ2n) is 4.11. The molecule has 15 heavy (non-hydrogen) atoms. The Morgan fingerprint density at radius 1 is 1.47 bits per heavy atom. The number of carbonyl (C=O) groups is 1. The first-order valence-corrected chi connectivity index (χ1v) is 5.31. The lowest BCUT2D eigenvalue weighted by atomic mass is 10.2. The Labute approximate surface area is 91.0 Å². The van der Waals surface area contributed by atoms with Crippen molar-refractivity contribution in [2.75, 3.05) is 13.7 Å². The summed E-state index contributed by atoms with van der Waals surface area (Å²) in [6.45, 7) is 5.88.